The smallest absolute Gasteiger partial charge is 0.305 e. The minimum absolute atomic E-state index is 0.0618. The van der Waals surface area contributed by atoms with Crippen molar-refractivity contribution in [2.24, 2.45) is 5.73 Å². The Morgan fingerprint density at radius 2 is 0.583 bits per heavy atom. The van der Waals surface area contributed by atoms with Gasteiger partial charge in [-0.15, -0.1) is 0 Å². The summed E-state index contributed by atoms with van der Waals surface area (Å²) in [6.45, 7) is 0.868. The summed E-state index contributed by atoms with van der Waals surface area (Å²) in [5, 5.41) is 0. The number of ether oxygens (including phenoxy) is 1. The summed E-state index contributed by atoms with van der Waals surface area (Å²) in [5.41, 5.74) is 5.54. The average molecular weight is 510 g/mol. The summed E-state index contributed by atoms with van der Waals surface area (Å²) in [6.07, 6.45) is 41.1. The maximum atomic E-state index is 11.0. The van der Waals surface area contributed by atoms with Crippen molar-refractivity contribution in [2.75, 3.05) is 13.7 Å². The normalized spacial score (nSPS) is 11.3. The van der Waals surface area contributed by atoms with Crippen LogP contribution >= 0.6 is 0 Å². The van der Waals surface area contributed by atoms with Crippen LogP contribution in [0.25, 0.3) is 0 Å². The molecule has 0 aliphatic heterocycles. The Morgan fingerprint density at radius 3 is 0.778 bits per heavy atom. The monoisotopic (exact) mass is 510 g/mol. The third-order valence-corrected chi connectivity index (χ3v) is 7.81. The predicted octanol–water partition coefficient (Wildman–Crippen LogP) is 10.8. The molecule has 0 bridgehead atoms. The highest BCUT2D eigenvalue weighted by Gasteiger charge is 1.99. The first-order valence-corrected chi connectivity index (χ1v) is 16.6. The Morgan fingerprint density at radius 1 is 0.389 bits per heavy atom. The lowest BCUT2D eigenvalue weighted by atomic mass is 10.0. The Labute approximate surface area is 227 Å². The molecule has 0 rings (SSSR count). The molecule has 0 aromatic heterocycles. The molecule has 0 fully saturated rings. The average Bonchev–Trinajstić information content (AvgIpc) is 2.89. The van der Waals surface area contributed by atoms with Crippen molar-refractivity contribution in [2.45, 2.75) is 193 Å². The largest absolute Gasteiger partial charge is 0.469 e. The standard InChI is InChI=1S/C33H67NO2/c1-36-33(35)31-29-27-25-23-21-19-17-15-13-11-9-7-5-3-2-4-6-8-10-12-14-16-18-20-22-24-26-28-30-32-34/h2-32,34H2,1H3. The molecule has 36 heavy (non-hydrogen) atoms. The number of esters is 1. The van der Waals surface area contributed by atoms with Gasteiger partial charge in [0.2, 0.25) is 0 Å². The molecule has 0 atom stereocenters. The summed E-state index contributed by atoms with van der Waals surface area (Å²) < 4.78 is 4.67. The minimum Gasteiger partial charge on any atom is -0.469 e. The van der Waals surface area contributed by atoms with Crippen molar-refractivity contribution < 1.29 is 9.53 Å². The quantitative estimate of drug-likeness (QED) is 0.0746. The molecular weight excluding hydrogens is 442 g/mol. The highest BCUT2D eigenvalue weighted by atomic mass is 16.5. The first kappa shape index (κ1) is 35.4. The highest BCUT2D eigenvalue weighted by molar-refractivity contribution is 5.68. The number of nitrogens with two attached hydrogens (primary N) is 1. The molecule has 0 saturated carbocycles. The summed E-state index contributed by atoms with van der Waals surface area (Å²) in [5.74, 6) is -0.0618. The molecule has 0 saturated heterocycles. The summed E-state index contributed by atoms with van der Waals surface area (Å²) in [7, 11) is 1.48. The van der Waals surface area contributed by atoms with E-state index in [-0.39, 0.29) is 5.97 Å². The van der Waals surface area contributed by atoms with E-state index in [0.717, 1.165) is 13.0 Å². The molecule has 216 valence electrons. The molecule has 3 heteroatoms. The molecule has 0 radical (unpaired) electrons. The van der Waals surface area contributed by atoms with Gasteiger partial charge in [0.05, 0.1) is 7.11 Å². The van der Waals surface area contributed by atoms with Gasteiger partial charge in [0.25, 0.3) is 0 Å². The van der Waals surface area contributed by atoms with Crippen LogP contribution in [0.15, 0.2) is 0 Å². The van der Waals surface area contributed by atoms with E-state index in [2.05, 4.69) is 4.74 Å². The number of methoxy groups -OCH3 is 1. The van der Waals surface area contributed by atoms with E-state index in [9.17, 15) is 4.79 Å². The van der Waals surface area contributed by atoms with Crippen LogP contribution in [0.4, 0.5) is 0 Å². The molecule has 0 aliphatic rings. The number of rotatable bonds is 31. The molecule has 0 heterocycles. The second-order valence-electron chi connectivity index (χ2n) is 11.4. The van der Waals surface area contributed by atoms with Gasteiger partial charge < -0.3 is 10.5 Å². The van der Waals surface area contributed by atoms with Crippen LogP contribution < -0.4 is 5.73 Å². The Bertz CT molecular complexity index is 412. The van der Waals surface area contributed by atoms with Gasteiger partial charge in [-0.2, -0.15) is 0 Å². The topological polar surface area (TPSA) is 52.3 Å². The lowest BCUT2D eigenvalue weighted by Crippen LogP contribution is -1.99. The van der Waals surface area contributed by atoms with Gasteiger partial charge in [-0.1, -0.05) is 173 Å². The van der Waals surface area contributed by atoms with E-state index in [1.54, 1.807) is 0 Å². The van der Waals surface area contributed by atoms with Crippen molar-refractivity contribution >= 4 is 5.97 Å². The van der Waals surface area contributed by atoms with E-state index >= 15 is 0 Å². The fourth-order valence-electron chi connectivity index (χ4n) is 5.29. The SMILES string of the molecule is COC(=O)CCCCCCCCCCCCCCCCCCCCCCCCCCCCCCCN. The zero-order valence-electron chi connectivity index (χ0n) is 24.8. The molecule has 0 amide bonds. The number of carbonyl (C=O) groups is 1. The second kappa shape index (κ2) is 32.5. The lowest BCUT2D eigenvalue weighted by Gasteiger charge is -2.04. The maximum Gasteiger partial charge on any atom is 0.305 e. The first-order chi connectivity index (χ1) is 17.8. The Hall–Kier alpha value is -0.570. The lowest BCUT2D eigenvalue weighted by molar-refractivity contribution is -0.140. The third kappa shape index (κ3) is 31.5. The van der Waals surface area contributed by atoms with Crippen molar-refractivity contribution in [3.8, 4) is 0 Å². The fourth-order valence-corrected chi connectivity index (χ4v) is 5.29. The molecule has 0 aliphatic carbocycles. The van der Waals surface area contributed by atoms with Crippen molar-refractivity contribution in [3.05, 3.63) is 0 Å². The molecule has 0 aromatic carbocycles. The van der Waals surface area contributed by atoms with Gasteiger partial charge >= 0.3 is 5.97 Å². The van der Waals surface area contributed by atoms with Crippen molar-refractivity contribution in [1.82, 2.24) is 0 Å². The minimum atomic E-state index is -0.0618. The summed E-state index contributed by atoms with van der Waals surface area (Å²) in [4.78, 5) is 11.0. The number of unbranched alkanes of at least 4 members (excludes halogenated alkanes) is 28. The van der Waals surface area contributed by atoms with Crippen LogP contribution in [0, 0.1) is 0 Å². The molecule has 3 nitrogen and oxygen atoms in total. The summed E-state index contributed by atoms with van der Waals surface area (Å²) >= 11 is 0. The zero-order chi connectivity index (χ0) is 26.2. The van der Waals surface area contributed by atoms with Crippen LogP contribution in [0.2, 0.25) is 0 Å². The van der Waals surface area contributed by atoms with Gasteiger partial charge in [-0.25, -0.2) is 0 Å². The van der Waals surface area contributed by atoms with Crippen LogP contribution in [0.3, 0.4) is 0 Å². The molecule has 2 N–H and O–H groups in total. The summed E-state index contributed by atoms with van der Waals surface area (Å²) in [6, 6.07) is 0. The Balaban J connectivity index is 3.03. The van der Waals surface area contributed by atoms with Gasteiger partial charge in [-0.3, -0.25) is 4.79 Å². The van der Waals surface area contributed by atoms with Crippen molar-refractivity contribution in [3.63, 3.8) is 0 Å². The van der Waals surface area contributed by atoms with E-state index in [0.29, 0.717) is 6.42 Å². The van der Waals surface area contributed by atoms with Crippen LogP contribution in [-0.2, 0) is 9.53 Å². The Kier molecular flexibility index (Phi) is 31.9. The molecule has 0 unspecified atom stereocenters. The first-order valence-electron chi connectivity index (χ1n) is 16.6. The molecule has 0 aromatic rings. The van der Waals surface area contributed by atoms with Crippen LogP contribution in [0.5, 0.6) is 0 Å². The van der Waals surface area contributed by atoms with Gasteiger partial charge in [0.15, 0.2) is 0 Å². The van der Waals surface area contributed by atoms with E-state index in [1.165, 1.54) is 187 Å². The third-order valence-electron chi connectivity index (χ3n) is 7.81. The molecular formula is C33H67NO2. The van der Waals surface area contributed by atoms with Gasteiger partial charge in [0, 0.05) is 6.42 Å². The van der Waals surface area contributed by atoms with Gasteiger partial charge in [-0.05, 0) is 19.4 Å². The maximum absolute atomic E-state index is 11.0. The fraction of sp³-hybridized carbons (Fsp3) is 0.970. The van der Waals surface area contributed by atoms with Crippen LogP contribution in [-0.4, -0.2) is 19.6 Å². The van der Waals surface area contributed by atoms with E-state index < -0.39 is 0 Å². The zero-order valence-corrected chi connectivity index (χ0v) is 24.8. The van der Waals surface area contributed by atoms with E-state index in [1.807, 2.05) is 0 Å². The highest BCUT2D eigenvalue weighted by Crippen LogP contribution is 2.16. The number of hydrogen-bond donors (Lipinski definition) is 1. The predicted molar refractivity (Wildman–Crippen MR) is 160 cm³/mol. The second-order valence-corrected chi connectivity index (χ2v) is 11.4. The molecule has 0 spiro atoms. The number of hydrogen-bond acceptors (Lipinski definition) is 3. The van der Waals surface area contributed by atoms with Crippen molar-refractivity contribution in [1.29, 1.82) is 0 Å². The van der Waals surface area contributed by atoms with Gasteiger partial charge in [0.1, 0.15) is 0 Å². The van der Waals surface area contributed by atoms with Crippen LogP contribution in [0.1, 0.15) is 193 Å². The van der Waals surface area contributed by atoms with E-state index in [4.69, 9.17) is 5.73 Å². The number of carbonyl (C=O) groups excluding carboxylic acids is 1.